The average Bonchev–Trinajstić information content (AvgIpc) is 2.41. The van der Waals surface area contributed by atoms with Gasteiger partial charge >= 0.3 is 0 Å². The van der Waals surface area contributed by atoms with Crippen LogP contribution in [0.5, 0.6) is 5.75 Å². The molecule has 0 fully saturated rings. The Morgan fingerprint density at radius 3 is 2.72 bits per heavy atom. The molecule has 0 unspecified atom stereocenters. The number of rotatable bonds is 4. The zero-order chi connectivity index (χ0) is 13.0. The van der Waals surface area contributed by atoms with Crippen molar-refractivity contribution >= 4 is 17.3 Å². The molecule has 0 aliphatic rings. The minimum absolute atomic E-state index is 0.748. The number of anilines is 1. The SMILES string of the molecule is COc1cccc(CNc2cccc(Cl)c2C)c1. The molecule has 3 heteroatoms. The molecule has 0 saturated heterocycles. The summed E-state index contributed by atoms with van der Waals surface area (Å²) in [6.07, 6.45) is 0. The number of benzene rings is 2. The fraction of sp³-hybridized carbons (Fsp3) is 0.200. The summed E-state index contributed by atoms with van der Waals surface area (Å²) in [7, 11) is 1.67. The molecule has 0 saturated carbocycles. The molecule has 2 aromatic carbocycles. The molecule has 0 bridgehead atoms. The highest BCUT2D eigenvalue weighted by Gasteiger charge is 2.02. The number of nitrogens with one attached hydrogen (secondary N) is 1. The Bertz CT molecular complexity index is 540. The standard InChI is InChI=1S/C15H16ClNO/c1-11-14(16)7-4-8-15(11)17-10-12-5-3-6-13(9-12)18-2/h3-9,17H,10H2,1-2H3. The van der Waals surface area contributed by atoms with Gasteiger partial charge in [-0.05, 0) is 42.3 Å². The van der Waals surface area contributed by atoms with Crippen molar-refractivity contribution in [1.82, 2.24) is 0 Å². The molecule has 0 atom stereocenters. The highest BCUT2D eigenvalue weighted by atomic mass is 35.5. The van der Waals surface area contributed by atoms with Crippen LogP contribution in [0.4, 0.5) is 5.69 Å². The third-order valence-corrected chi connectivity index (χ3v) is 3.29. The normalized spacial score (nSPS) is 10.2. The van der Waals surface area contributed by atoms with Crippen molar-refractivity contribution in [1.29, 1.82) is 0 Å². The molecule has 0 radical (unpaired) electrons. The molecule has 0 aliphatic heterocycles. The Hall–Kier alpha value is -1.67. The van der Waals surface area contributed by atoms with Gasteiger partial charge in [0.1, 0.15) is 5.75 Å². The average molecular weight is 262 g/mol. The van der Waals surface area contributed by atoms with Gasteiger partial charge in [0.15, 0.2) is 0 Å². The molecule has 0 heterocycles. The van der Waals surface area contributed by atoms with Crippen LogP contribution in [-0.2, 0) is 6.54 Å². The molecule has 1 N–H and O–H groups in total. The number of methoxy groups -OCH3 is 1. The first kappa shape index (κ1) is 12.8. The first-order chi connectivity index (χ1) is 8.70. The second-order valence-electron chi connectivity index (χ2n) is 4.12. The van der Waals surface area contributed by atoms with Crippen molar-refractivity contribution in [2.24, 2.45) is 0 Å². The smallest absolute Gasteiger partial charge is 0.119 e. The van der Waals surface area contributed by atoms with E-state index in [9.17, 15) is 0 Å². The lowest BCUT2D eigenvalue weighted by Crippen LogP contribution is -2.01. The lowest BCUT2D eigenvalue weighted by molar-refractivity contribution is 0.414. The predicted octanol–water partition coefficient (Wildman–Crippen LogP) is 4.27. The first-order valence-electron chi connectivity index (χ1n) is 5.82. The highest BCUT2D eigenvalue weighted by molar-refractivity contribution is 6.31. The van der Waals surface area contributed by atoms with Gasteiger partial charge in [-0.2, -0.15) is 0 Å². The minimum Gasteiger partial charge on any atom is -0.497 e. The third-order valence-electron chi connectivity index (χ3n) is 2.88. The van der Waals surface area contributed by atoms with Gasteiger partial charge in [0.25, 0.3) is 0 Å². The molecular formula is C15H16ClNO. The summed E-state index contributed by atoms with van der Waals surface area (Å²) in [5.74, 6) is 0.872. The van der Waals surface area contributed by atoms with Gasteiger partial charge in [-0.15, -0.1) is 0 Å². The molecule has 0 amide bonds. The molecular weight excluding hydrogens is 246 g/mol. The maximum Gasteiger partial charge on any atom is 0.119 e. The van der Waals surface area contributed by atoms with E-state index in [4.69, 9.17) is 16.3 Å². The Labute approximate surface area is 113 Å². The number of halogens is 1. The van der Waals surface area contributed by atoms with E-state index in [0.29, 0.717) is 0 Å². The van der Waals surface area contributed by atoms with Crippen LogP contribution in [0.25, 0.3) is 0 Å². The molecule has 2 rings (SSSR count). The summed E-state index contributed by atoms with van der Waals surface area (Å²) >= 11 is 6.08. The van der Waals surface area contributed by atoms with E-state index in [0.717, 1.165) is 28.6 Å². The molecule has 0 spiro atoms. The lowest BCUT2D eigenvalue weighted by atomic mass is 10.1. The van der Waals surface area contributed by atoms with Crippen molar-refractivity contribution < 1.29 is 4.74 Å². The van der Waals surface area contributed by atoms with Crippen molar-refractivity contribution in [3.8, 4) is 5.75 Å². The molecule has 18 heavy (non-hydrogen) atoms. The van der Waals surface area contributed by atoms with Crippen LogP contribution in [0.15, 0.2) is 42.5 Å². The van der Waals surface area contributed by atoms with E-state index >= 15 is 0 Å². The number of hydrogen-bond acceptors (Lipinski definition) is 2. The Morgan fingerprint density at radius 1 is 1.17 bits per heavy atom. The maximum absolute atomic E-state index is 6.08. The van der Waals surface area contributed by atoms with E-state index in [-0.39, 0.29) is 0 Å². The molecule has 0 aliphatic carbocycles. The highest BCUT2D eigenvalue weighted by Crippen LogP contribution is 2.23. The topological polar surface area (TPSA) is 21.3 Å². The molecule has 94 valence electrons. The summed E-state index contributed by atoms with van der Waals surface area (Å²) in [5.41, 5.74) is 3.31. The second-order valence-corrected chi connectivity index (χ2v) is 4.52. The summed E-state index contributed by atoms with van der Waals surface area (Å²) in [4.78, 5) is 0. The number of ether oxygens (including phenoxy) is 1. The third kappa shape index (κ3) is 2.96. The fourth-order valence-corrected chi connectivity index (χ4v) is 1.95. The van der Waals surface area contributed by atoms with Crippen LogP contribution in [0.2, 0.25) is 5.02 Å². The van der Waals surface area contributed by atoms with Gasteiger partial charge in [-0.1, -0.05) is 29.8 Å². The van der Waals surface area contributed by atoms with Gasteiger partial charge in [0, 0.05) is 17.3 Å². The van der Waals surface area contributed by atoms with E-state index in [1.165, 1.54) is 5.56 Å². The summed E-state index contributed by atoms with van der Waals surface area (Å²) in [5, 5.41) is 4.16. The van der Waals surface area contributed by atoms with Crippen LogP contribution in [0.3, 0.4) is 0 Å². The molecule has 2 aromatic rings. The van der Waals surface area contributed by atoms with Crippen molar-refractivity contribution in [3.05, 3.63) is 58.6 Å². The summed E-state index contributed by atoms with van der Waals surface area (Å²) < 4.78 is 5.20. The van der Waals surface area contributed by atoms with Crippen molar-refractivity contribution in [2.45, 2.75) is 13.5 Å². The largest absolute Gasteiger partial charge is 0.497 e. The van der Waals surface area contributed by atoms with Crippen LogP contribution >= 0.6 is 11.6 Å². The zero-order valence-electron chi connectivity index (χ0n) is 10.5. The van der Waals surface area contributed by atoms with Crippen LogP contribution in [0, 0.1) is 6.92 Å². The summed E-state index contributed by atoms with van der Waals surface area (Å²) in [6.45, 7) is 2.76. The minimum atomic E-state index is 0.748. The van der Waals surface area contributed by atoms with Gasteiger partial charge < -0.3 is 10.1 Å². The van der Waals surface area contributed by atoms with Gasteiger partial charge in [0.05, 0.1) is 7.11 Å². The molecule has 0 aromatic heterocycles. The van der Waals surface area contributed by atoms with Crippen molar-refractivity contribution in [3.63, 3.8) is 0 Å². The van der Waals surface area contributed by atoms with Gasteiger partial charge in [0.2, 0.25) is 0 Å². The molecule has 2 nitrogen and oxygen atoms in total. The fourth-order valence-electron chi connectivity index (χ4n) is 1.78. The number of hydrogen-bond donors (Lipinski definition) is 1. The lowest BCUT2D eigenvalue weighted by Gasteiger charge is -2.11. The van der Waals surface area contributed by atoms with Crippen molar-refractivity contribution in [2.75, 3.05) is 12.4 Å². The van der Waals surface area contributed by atoms with Gasteiger partial charge in [-0.25, -0.2) is 0 Å². The Balaban J connectivity index is 2.09. The van der Waals surface area contributed by atoms with E-state index in [1.807, 2.05) is 43.3 Å². The predicted molar refractivity (Wildman–Crippen MR) is 76.5 cm³/mol. The Morgan fingerprint density at radius 2 is 1.94 bits per heavy atom. The Kier molecular flexibility index (Phi) is 4.11. The van der Waals surface area contributed by atoms with Crippen LogP contribution < -0.4 is 10.1 Å². The van der Waals surface area contributed by atoms with Gasteiger partial charge in [-0.3, -0.25) is 0 Å². The van der Waals surface area contributed by atoms with E-state index < -0.39 is 0 Å². The maximum atomic E-state index is 6.08. The quantitative estimate of drug-likeness (QED) is 0.888. The summed E-state index contributed by atoms with van der Waals surface area (Å²) in [6, 6.07) is 13.9. The van der Waals surface area contributed by atoms with Crippen LogP contribution in [-0.4, -0.2) is 7.11 Å². The van der Waals surface area contributed by atoms with Crippen LogP contribution in [0.1, 0.15) is 11.1 Å². The zero-order valence-corrected chi connectivity index (χ0v) is 11.3. The van der Waals surface area contributed by atoms with E-state index in [1.54, 1.807) is 7.11 Å². The second kappa shape index (κ2) is 5.78. The monoisotopic (exact) mass is 261 g/mol. The first-order valence-corrected chi connectivity index (χ1v) is 6.20. The van der Waals surface area contributed by atoms with E-state index in [2.05, 4.69) is 11.4 Å².